The van der Waals surface area contributed by atoms with Crippen LogP contribution in [0, 0.1) is 13.8 Å². The highest BCUT2D eigenvalue weighted by Gasteiger charge is 2.20. The van der Waals surface area contributed by atoms with E-state index in [-0.39, 0.29) is 4.90 Å². The quantitative estimate of drug-likeness (QED) is 0.799. The SMILES string of the molecule is CCn1c(C)cc2cc(NS(=O)(=O)c3cn(C)nc3C)ccc21. The van der Waals surface area contributed by atoms with Gasteiger partial charge in [-0.25, -0.2) is 8.42 Å². The van der Waals surface area contributed by atoms with Gasteiger partial charge in [0.2, 0.25) is 0 Å². The highest BCUT2D eigenvalue weighted by molar-refractivity contribution is 7.92. The summed E-state index contributed by atoms with van der Waals surface area (Å²) in [7, 11) is -1.94. The van der Waals surface area contributed by atoms with Gasteiger partial charge in [-0.3, -0.25) is 9.40 Å². The van der Waals surface area contributed by atoms with Crippen molar-refractivity contribution in [1.82, 2.24) is 14.3 Å². The van der Waals surface area contributed by atoms with E-state index in [2.05, 4.69) is 27.4 Å². The number of fused-ring (bicyclic) bond motifs is 1. The summed E-state index contributed by atoms with van der Waals surface area (Å²) in [5, 5.41) is 5.11. The zero-order valence-electron chi connectivity index (χ0n) is 13.7. The summed E-state index contributed by atoms with van der Waals surface area (Å²) in [4.78, 5) is 0.197. The summed E-state index contributed by atoms with van der Waals surface area (Å²) in [6, 6.07) is 7.65. The van der Waals surface area contributed by atoms with Crippen LogP contribution >= 0.6 is 0 Å². The van der Waals surface area contributed by atoms with E-state index in [4.69, 9.17) is 0 Å². The number of rotatable bonds is 4. The molecule has 3 rings (SSSR count). The second-order valence-electron chi connectivity index (χ2n) is 5.66. The second kappa shape index (κ2) is 5.42. The van der Waals surface area contributed by atoms with E-state index in [0.717, 1.165) is 23.1 Å². The Hall–Kier alpha value is -2.28. The van der Waals surface area contributed by atoms with Gasteiger partial charge >= 0.3 is 0 Å². The van der Waals surface area contributed by atoms with Crippen LogP contribution in [0.3, 0.4) is 0 Å². The maximum absolute atomic E-state index is 12.5. The first-order valence-electron chi connectivity index (χ1n) is 7.45. The molecule has 0 saturated carbocycles. The summed E-state index contributed by atoms with van der Waals surface area (Å²) >= 11 is 0. The third kappa shape index (κ3) is 2.72. The molecule has 0 saturated heterocycles. The van der Waals surface area contributed by atoms with Crippen molar-refractivity contribution in [2.45, 2.75) is 32.2 Å². The Labute approximate surface area is 135 Å². The fraction of sp³-hybridized carbons (Fsp3) is 0.312. The standard InChI is InChI=1S/C16H20N4O2S/c1-5-20-11(2)8-13-9-14(6-7-15(13)20)18-23(21,22)16-10-19(4)17-12(16)3/h6-10,18H,5H2,1-4H3. The molecule has 0 aliphatic carbocycles. The van der Waals surface area contributed by atoms with Crippen molar-refractivity contribution in [3.63, 3.8) is 0 Å². The molecule has 1 aromatic carbocycles. The number of aromatic nitrogens is 3. The number of nitrogens with zero attached hydrogens (tertiary/aromatic N) is 3. The van der Waals surface area contributed by atoms with Crippen LogP contribution < -0.4 is 4.72 Å². The molecular weight excluding hydrogens is 312 g/mol. The van der Waals surface area contributed by atoms with Crippen molar-refractivity contribution < 1.29 is 8.42 Å². The molecule has 0 fully saturated rings. The molecule has 2 heterocycles. The summed E-state index contributed by atoms with van der Waals surface area (Å²) < 4.78 is 31.4. The van der Waals surface area contributed by atoms with Gasteiger partial charge < -0.3 is 4.57 Å². The molecule has 7 heteroatoms. The first-order chi connectivity index (χ1) is 10.8. The van der Waals surface area contributed by atoms with Gasteiger partial charge in [-0.15, -0.1) is 0 Å². The Morgan fingerprint density at radius 3 is 2.57 bits per heavy atom. The average molecular weight is 332 g/mol. The molecule has 0 aliphatic heterocycles. The van der Waals surface area contributed by atoms with Gasteiger partial charge in [-0.05, 0) is 45.0 Å². The van der Waals surface area contributed by atoms with Crippen LogP contribution in [-0.4, -0.2) is 22.8 Å². The highest BCUT2D eigenvalue weighted by Crippen LogP contribution is 2.25. The number of nitrogens with one attached hydrogen (secondary N) is 1. The predicted octanol–water partition coefficient (Wildman–Crippen LogP) is 2.81. The van der Waals surface area contributed by atoms with E-state index in [1.54, 1.807) is 20.0 Å². The predicted molar refractivity (Wildman–Crippen MR) is 91.1 cm³/mol. The summed E-state index contributed by atoms with van der Waals surface area (Å²) in [5.74, 6) is 0. The van der Waals surface area contributed by atoms with Gasteiger partial charge in [0.1, 0.15) is 4.90 Å². The van der Waals surface area contributed by atoms with Gasteiger partial charge in [0.05, 0.1) is 5.69 Å². The molecule has 0 radical (unpaired) electrons. The van der Waals surface area contributed by atoms with E-state index in [9.17, 15) is 8.42 Å². The Balaban J connectivity index is 2.00. The molecule has 2 aromatic heterocycles. The van der Waals surface area contributed by atoms with E-state index in [1.165, 1.54) is 10.9 Å². The topological polar surface area (TPSA) is 68.9 Å². The lowest BCUT2D eigenvalue weighted by Crippen LogP contribution is -2.13. The largest absolute Gasteiger partial charge is 0.345 e. The number of sulfonamides is 1. The third-order valence-corrected chi connectivity index (χ3v) is 5.42. The molecule has 0 amide bonds. The van der Waals surface area contributed by atoms with Gasteiger partial charge in [-0.1, -0.05) is 0 Å². The Morgan fingerprint density at radius 2 is 1.96 bits per heavy atom. The van der Waals surface area contributed by atoms with Gasteiger partial charge in [0, 0.05) is 42.1 Å². The van der Waals surface area contributed by atoms with Crippen molar-refractivity contribution in [1.29, 1.82) is 0 Å². The molecule has 0 atom stereocenters. The minimum Gasteiger partial charge on any atom is -0.345 e. The molecule has 0 bridgehead atoms. The van der Waals surface area contributed by atoms with E-state index >= 15 is 0 Å². The van der Waals surface area contributed by atoms with Crippen molar-refractivity contribution in [3.05, 3.63) is 41.9 Å². The number of hydrogen-bond acceptors (Lipinski definition) is 3. The zero-order chi connectivity index (χ0) is 16.8. The molecule has 122 valence electrons. The average Bonchev–Trinajstić information content (AvgIpc) is 2.96. The first kappa shape index (κ1) is 15.6. The Kier molecular flexibility index (Phi) is 3.68. The van der Waals surface area contributed by atoms with E-state index in [0.29, 0.717) is 11.4 Å². The van der Waals surface area contributed by atoms with Crippen molar-refractivity contribution in [2.75, 3.05) is 4.72 Å². The van der Waals surface area contributed by atoms with Gasteiger partial charge in [0.15, 0.2) is 0 Å². The minimum absolute atomic E-state index is 0.197. The number of aryl methyl sites for hydroxylation is 4. The third-order valence-electron chi connectivity index (χ3n) is 3.93. The fourth-order valence-corrected chi connectivity index (χ4v) is 4.21. The zero-order valence-corrected chi connectivity index (χ0v) is 14.5. The van der Waals surface area contributed by atoms with Crippen LogP contribution in [0.25, 0.3) is 10.9 Å². The number of hydrogen-bond donors (Lipinski definition) is 1. The number of anilines is 1. The highest BCUT2D eigenvalue weighted by atomic mass is 32.2. The molecular formula is C16H20N4O2S. The monoisotopic (exact) mass is 332 g/mol. The van der Waals surface area contributed by atoms with Crippen molar-refractivity contribution in [3.8, 4) is 0 Å². The molecule has 1 N–H and O–H groups in total. The van der Waals surface area contributed by atoms with Gasteiger partial charge in [-0.2, -0.15) is 5.10 Å². The molecule has 0 spiro atoms. The maximum Gasteiger partial charge on any atom is 0.265 e. The van der Waals surface area contributed by atoms with E-state index in [1.807, 2.05) is 19.1 Å². The molecule has 0 unspecified atom stereocenters. The smallest absolute Gasteiger partial charge is 0.265 e. The lowest BCUT2D eigenvalue weighted by atomic mass is 10.2. The minimum atomic E-state index is -3.64. The van der Waals surface area contributed by atoms with Crippen LogP contribution in [0.5, 0.6) is 0 Å². The van der Waals surface area contributed by atoms with Crippen LogP contribution in [0.2, 0.25) is 0 Å². The lowest BCUT2D eigenvalue weighted by molar-refractivity contribution is 0.600. The van der Waals surface area contributed by atoms with Crippen molar-refractivity contribution in [2.24, 2.45) is 7.05 Å². The molecule has 6 nitrogen and oxygen atoms in total. The first-order valence-corrected chi connectivity index (χ1v) is 8.93. The lowest BCUT2D eigenvalue weighted by Gasteiger charge is -2.08. The Bertz CT molecular complexity index is 983. The normalized spacial score (nSPS) is 12.0. The van der Waals surface area contributed by atoms with Crippen molar-refractivity contribution >= 4 is 26.6 Å². The summed E-state index contributed by atoms with van der Waals surface area (Å²) in [6.45, 7) is 6.71. The van der Waals surface area contributed by atoms with Gasteiger partial charge in [0.25, 0.3) is 10.0 Å². The van der Waals surface area contributed by atoms with E-state index < -0.39 is 10.0 Å². The summed E-state index contributed by atoms with van der Waals surface area (Å²) in [5.41, 5.74) is 3.29. The molecule has 23 heavy (non-hydrogen) atoms. The fourth-order valence-electron chi connectivity index (χ4n) is 2.94. The second-order valence-corrected chi connectivity index (χ2v) is 7.31. The Morgan fingerprint density at radius 1 is 1.22 bits per heavy atom. The molecule has 3 aromatic rings. The maximum atomic E-state index is 12.5. The van der Waals surface area contributed by atoms with Crippen LogP contribution in [0.1, 0.15) is 18.3 Å². The number of benzene rings is 1. The van der Waals surface area contributed by atoms with Crippen LogP contribution in [0.15, 0.2) is 35.4 Å². The van der Waals surface area contributed by atoms with Crippen LogP contribution in [0.4, 0.5) is 5.69 Å². The van der Waals surface area contributed by atoms with Crippen LogP contribution in [-0.2, 0) is 23.6 Å². The summed E-state index contributed by atoms with van der Waals surface area (Å²) in [6.07, 6.45) is 1.51. The molecule has 0 aliphatic rings.